The number of rotatable bonds is 3. The molecule has 2 aromatic rings. The number of hydrogen-bond acceptors (Lipinski definition) is 2. The summed E-state index contributed by atoms with van der Waals surface area (Å²) in [7, 11) is 0. The van der Waals surface area contributed by atoms with Crippen LogP contribution in [0, 0.1) is 0 Å². The third-order valence-electron chi connectivity index (χ3n) is 4.11. The van der Waals surface area contributed by atoms with E-state index in [-0.39, 0.29) is 6.10 Å². The second-order valence-electron chi connectivity index (χ2n) is 5.58. The molecule has 1 saturated heterocycles. The van der Waals surface area contributed by atoms with Gasteiger partial charge in [-0.15, -0.1) is 0 Å². The van der Waals surface area contributed by atoms with Crippen LogP contribution >= 0.6 is 38.5 Å². The van der Waals surface area contributed by atoms with Crippen molar-refractivity contribution in [2.45, 2.75) is 26.1 Å². The predicted octanol–water partition coefficient (Wildman–Crippen LogP) is 5.19. The van der Waals surface area contributed by atoms with Crippen molar-refractivity contribution in [2.75, 3.05) is 13.1 Å². The van der Waals surface area contributed by atoms with E-state index in [9.17, 15) is 0 Å². The van der Waals surface area contributed by atoms with Gasteiger partial charge in [0.05, 0.1) is 12.7 Å². The lowest BCUT2D eigenvalue weighted by molar-refractivity contribution is 0.0510. The Balaban J connectivity index is 1.79. The fraction of sp³-hybridized carbons (Fsp3) is 0.333. The smallest absolute Gasteiger partial charge is 0.0824 e. The molecule has 0 saturated carbocycles. The molecule has 116 valence electrons. The van der Waals surface area contributed by atoms with Crippen molar-refractivity contribution in [1.82, 2.24) is 5.32 Å². The Morgan fingerprint density at radius 3 is 2.95 bits per heavy atom. The Hall–Kier alpha value is -0.430. The van der Waals surface area contributed by atoms with E-state index in [1.54, 1.807) is 0 Å². The maximum absolute atomic E-state index is 6.24. The van der Waals surface area contributed by atoms with Crippen molar-refractivity contribution in [2.24, 2.45) is 0 Å². The van der Waals surface area contributed by atoms with Gasteiger partial charge in [-0.2, -0.15) is 0 Å². The van der Waals surface area contributed by atoms with Crippen LogP contribution in [-0.4, -0.2) is 19.2 Å². The molecule has 1 heterocycles. The third-order valence-corrected chi connectivity index (χ3v) is 5.74. The van der Waals surface area contributed by atoms with Crippen molar-refractivity contribution < 1.29 is 4.74 Å². The Kier molecular flexibility index (Phi) is 5.55. The highest BCUT2D eigenvalue weighted by molar-refractivity contribution is 14.1. The monoisotopic (exact) mass is 471 g/mol. The molecular weight excluding hydrogens is 453 g/mol. The van der Waals surface area contributed by atoms with Crippen molar-refractivity contribution in [3.05, 3.63) is 55.6 Å². The summed E-state index contributed by atoms with van der Waals surface area (Å²) in [6, 6.07) is 12.8. The first-order valence-electron chi connectivity index (χ1n) is 7.50. The van der Waals surface area contributed by atoms with Gasteiger partial charge in [0.15, 0.2) is 0 Å². The molecule has 1 unspecified atom stereocenters. The van der Waals surface area contributed by atoms with E-state index in [4.69, 9.17) is 4.74 Å². The SMILES string of the molecule is CC(I)=C1CNCCC1OCc1ccc2ccccc2c1Br. The molecule has 22 heavy (non-hydrogen) atoms. The number of nitrogens with one attached hydrogen (secondary N) is 1. The maximum atomic E-state index is 6.24. The summed E-state index contributed by atoms with van der Waals surface area (Å²) in [4.78, 5) is 0. The molecule has 1 aliphatic rings. The second-order valence-corrected chi connectivity index (χ2v) is 7.99. The van der Waals surface area contributed by atoms with Gasteiger partial charge in [-0.25, -0.2) is 0 Å². The van der Waals surface area contributed by atoms with Crippen LogP contribution in [0.4, 0.5) is 0 Å². The van der Waals surface area contributed by atoms with E-state index < -0.39 is 0 Å². The highest BCUT2D eigenvalue weighted by Gasteiger charge is 2.21. The van der Waals surface area contributed by atoms with Crippen molar-refractivity contribution >= 4 is 49.3 Å². The van der Waals surface area contributed by atoms with Gasteiger partial charge in [0, 0.05) is 11.0 Å². The number of halogens is 2. The highest BCUT2D eigenvalue weighted by Crippen LogP contribution is 2.29. The lowest BCUT2D eigenvalue weighted by atomic mass is 10.0. The largest absolute Gasteiger partial charge is 0.369 e. The molecule has 1 N–H and O–H groups in total. The summed E-state index contributed by atoms with van der Waals surface area (Å²) < 4.78 is 8.73. The van der Waals surface area contributed by atoms with Crippen LogP contribution in [0.15, 0.2) is 50.0 Å². The van der Waals surface area contributed by atoms with Crippen molar-refractivity contribution in [3.8, 4) is 0 Å². The van der Waals surface area contributed by atoms with Crippen LogP contribution in [0.1, 0.15) is 18.9 Å². The minimum atomic E-state index is 0.233. The lowest BCUT2D eigenvalue weighted by Gasteiger charge is -2.27. The molecule has 0 bridgehead atoms. The van der Waals surface area contributed by atoms with Crippen LogP contribution in [0.3, 0.4) is 0 Å². The van der Waals surface area contributed by atoms with Gasteiger partial charge in [0.25, 0.3) is 0 Å². The number of hydrogen-bond donors (Lipinski definition) is 1. The van der Waals surface area contributed by atoms with Gasteiger partial charge in [0.2, 0.25) is 0 Å². The lowest BCUT2D eigenvalue weighted by Crippen LogP contribution is -2.35. The second kappa shape index (κ2) is 7.43. The van der Waals surface area contributed by atoms with Crippen LogP contribution < -0.4 is 5.32 Å². The predicted molar refractivity (Wildman–Crippen MR) is 104 cm³/mol. The molecule has 0 radical (unpaired) electrons. The van der Waals surface area contributed by atoms with E-state index in [1.165, 1.54) is 25.5 Å². The molecule has 2 aromatic carbocycles. The first-order chi connectivity index (χ1) is 10.7. The molecule has 4 heteroatoms. The van der Waals surface area contributed by atoms with Crippen LogP contribution in [0.25, 0.3) is 10.8 Å². The Morgan fingerprint density at radius 1 is 1.32 bits per heavy atom. The number of fused-ring (bicyclic) bond motifs is 1. The van der Waals surface area contributed by atoms with Crippen LogP contribution in [0.5, 0.6) is 0 Å². The Bertz CT molecular complexity index is 709. The summed E-state index contributed by atoms with van der Waals surface area (Å²) in [6.45, 7) is 4.77. The standard InChI is InChI=1S/C18H19BrINO/c1-12(20)16-10-21-9-8-17(16)22-11-14-7-6-13-4-2-3-5-15(13)18(14)19/h2-7,17,21H,8-11H2,1H3. The van der Waals surface area contributed by atoms with Gasteiger partial charge in [-0.1, -0.05) is 36.4 Å². The molecule has 1 fully saturated rings. The molecule has 0 aliphatic carbocycles. The average molecular weight is 472 g/mol. The number of benzene rings is 2. The molecule has 0 amide bonds. The number of piperidine rings is 1. The fourth-order valence-corrected chi connectivity index (χ4v) is 4.00. The average Bonchev–Trinajstić information content (AvgIpc) is 2.55. The quantitative estimate of drug-likeness (QED) is 0.622. The molecular formula is C18H19BrINO. The van der Waals surface area contributed by atoms with E-state index in [1.807, 2.05) is 0 Å². The van der Waals surface area contributed by atoms with E-state index >= 15 is 0 Å². The highest BCUT2D eigenvalue weighted by atomic mass is 127. The van der Waals surface area contributed by atoms with Gasteiger partial charge in [-0.3, -0.25) is 0 Å². The van der Waals surface area contributed by atoms with E-state index in [0.717, 1.165) is 24.0 Å². The first kappa shape index (κ1) is 16.4. The van der Waals surface area contributed by atoms with E-state index in [0.29, 0.717) is 6.61 Å². The zero-order chi connectivity index (χ0) is 15.5. The minimum absolute atomic E-state index is 0.233. The maximum Gasteiger partial charge on any atom is 0.0824 e. The molecule has 0 aromatic heterocycles. The first-order valence-corrected chi connectivity index (χ1v) is 9.37. The summed E-state index contributed by atoms with van der Waals surface area (Å²) in [5.74, 6) is 0. The van der Waals surface area contributed by atoms with Gasteiger partial charge >= 0.3 is 0 Å². The van der Waals surface area contributed by atoms with Gasteiger partial charge < -0.3 is 10.1 Å². The Morgan fingerprint density at radius 2 is 2.14 bits per heavy atom. The summed E-state index contributed by atoms with van der Waals surface area (Å²) in [6.07, 6.45) is 1.28. The summed E-state index contributed by atoms with van der Waals surface area (Å²) in [5, 5.41) is 5.93. The zero-order valence-corrected chi connectivity index (χ0v) is 16.3. The molecule has 2 nitrogen and oxygen atoms in total. The third kappa shape index (κ3) is 3.55. The van der Waals surface area contributed by atoms with Crippen LogP contribution in [0.2, 0.25) is 0 Å². The summed E-state index contributed by atoms with van der Waals surface area (Å²) in [5.41, 5.74) is 2.60. The summed E-state index contributed by atoms with van der Waals surface area (Å²) >= 11 is 6.14. The zero-order valence-electron chi connectivity index (χ0n) is 12.5. The Labute approximate surface area is 153 Å². The van der Waals surface area contributed by atoms with Crippen LogP contribution in [-0.2, 0) is 11.3 Å². The van der Waals surface area contributed by atoms with Crippen molar-refractivity contribution in [1.29, 1.82) is 0 Å². The van der Waals surface area contributed by atoms with Gasteiger partial charge in [-0.05, 0) is 83.9 Å². The van der Waals surface area contributed by atoms with E-state index in [2.05, 4.69) is 87.2 Å². The van der Waals surface area contributed by atoms with Gasteiger partial charge in [0.1, 0.15) is 0 Å². The topological polar surface area (TPSA) is 21.3 Å². The molecule has 1 atom stereocenters. The number of allylic oxidation sites excluding steroid dienone is 1. The molecule has 1 aliphatic heterocycles. The fourth-order valence-electron chi connectivity index (χ4n) is 2.85. The van der Waals surface area contributed by atoms with Crippen molar-refractivity contribution in [3.63, 3.8) is 0 Å². The minimum Gasteiger partial charge on any atom is -0.369 e. The number of ether oxygens (including phenoxy) is 1. The normalized spacial score (nSPS) is 21.1. The molecule has 0 spiro atoms. The molecule has 3 rings (SSSR count).